The number of rotatable bonds is 3. The molecule has 5 heteroatoms. The van der Waals surface area contributed by atoms with Crippen molar-refractivity contribution in [2.45, 2.75) is 13.8 Å². The largest absolute Gasteiger partial charge is 0.449 e. The van der Waals surface area contributed by atoms with Gasteiger partial charge in [0.15, 0.2) is 0 Å². The molecule has 0 unspecified atom stereocenters. The van der Waals surface area contributed by atoms with E-state index in [2.05, 4.69) is 15.3 Å². The Morgan fingerprint density at radius 3 is 2.62 bits per heavy atom. The van der Waals surface area contributed by atoms with Gasteiger partial charge in [0, 0.05) is 5.69 Å². The number of nitrogen functional groups attached to an aromatic ring is 1. The number of anilines is 1. The van der Waals surface area contributed by atoms with Crippen LogP contribution in [0, 0.1) is 0 Å². The van der Waals surface area contributed by atoms with E-state index in [1.165, 1.54) is 0 Å². The number of carbonyl (C=O) groups is 1. The van der Waals surface area contributed by atoms with Gasteiger partial charge in [0.1, 0.15) is 0 Å². The Morgan fingerprint density at radius 1 is 1.44 bits per heavy atom. The summed E-state index contributed by atoms with van der Waals surface area (Å²) in [7, 11) is 0. The summed E-state index contributed by atoms with van der Waals surface area (Å²) in [5, 5.41) is 3.89. The molecular formula is C11H15N3O2. The van der Waals surface area contributed by atoms with E-state index in [0.29, 0.717) is 18.0 Å². The minimum Gasteiger partial charge on any atom is -0.449 e. The van der Waals surface area contributed by atoms with Crippen molar-refractivity contribution in [1.29, 1.82) is 0 Å². The molecule has 0 fully saturated rings. The number of nitrogens with one attached hydrogen (secondary N) is 1. The highest BCUT2D eigenvalue weighted by Gasteiger charge is 2.00. The van der Waals surface area contributed by atoms with Crippen molar-refractivity contribution >= 4 is 17.5 Å². The van der Waals surface area contributed by atoms with Crippen LogP contribution in [0.4, 0.5) is 10.5 Å². The molecule has 0 aromatic heterocycles. The van der Waals surface area contributed by atoms with Gasteiger partial charge in [0.05, 0.1) is 12.3 Å². The zero-order valence-corrected chi connectivity index (χ0v) is 9.36. The van der Waals surface area contributed by atoms with Crippen LogP contribution in [0.3, 0.4) is 0 Å². The molecule has 0 aliphatic carbocycles. The summed E-state index contributed by atoms with van der Waals surface area (Å²) < 4.78 is 4.67. The molecule has 0 atom stereocenters. The molecule has 0 saturated heterocycles. The predicted molar refractivity (Wildman–Crippen MR) is 63.2 cm³/mol. The molecule has 0 aliphatic heterocycles. The Balaban J connectivity index is 2.63. The fourth-order valence-electron chi connectivity index (χ4n) is 1.08. The quantitative estimate of drug-likeness (QED) is 0.463. The number of hydrogen-bond donors (Lipinski definition) is 2. The number of nitrogens with zero attached hydrogens (tertiary/aromatic N) is 1. The highest BCUT2D eigenvalue weighted by molar-refractivity contribution is 5.99. The van der Waals surface area contributed by atoms with Crippen molar-refractivity contribution < 1.29 is 9.53 Å². The topological polar surface area (TPSA) is 76.7 Å². The van der Waals surface area contributed by atoms with Gasteiger partial charge in [-0.15, -0.1) is 0 Å². The number of ether oxygens (including phenoxy) is 1. The first-order chi connectivity index (χ1) is 7.63. The van der Waals surface area contributed by atoms with Crippen LogP contribution in [0.5, 0.6) is 0 Å². The lowest BCUT2D eigenvalue weighted by Crippen LogP contribution is -2.20. The highest BCUT2D eigenvalue weighted by atomic mass is 16.5. The molecule has 1 aromatic carbocycles. The van der Waals surface area contributed by atoms with Crippen molar-refractivity contribution in [2.75, 3.05) is 12.3 Å². The molecule has 0 radical (unpaired) electrons. The van der Waals surface area contributed by atoms with Crippen molar-refractivity contribution in [3.8, 4) is 0 Å². The second-order valence-corrected chi connectivity index (χ2v) is 3.15. The Kier molecular flexibility index (Phi) is 4.32. The zero-order chi connectivity index (χ0) is 12.0. The number of nitrogens with two attached hydrogens (primary N) is 1. The lowest BCUT2D eigenvalue weighted by molar-refractivity contribution is 0.152. The van der Waals surface area contributed by atoms with Gasteiger partial charge in [0.2, 0.25) is 0 Å². The van der Waals surface area contributed by atoms with E-state index < -0.39 is 6.09 Å². The lowest BCUT2D eigenvalue weighted by atomic mass is 10.1. The molecule has 0 heterocycles. The maximum absolute atomic E-state index is 11.0. The Labute approximate surface area is 94.3 Å². The van der Waals surface area contributed by atoms with Crippen LogP contribution in [0.15, 0.2) is 29.4 Å². The van der Waals surface area contributed by atoms with Crippen molar-refractivity contribution in [3.05, 3.63) is 29.8 Å². The molecule has 3 N–H and O–H groups in total. The van der Waals surface area contributed by atoms with Crippen LogP contribution >= 0.6 is 0 Å². The number of hydrogen-bond acceptors (Lipinski definition) is 4. The molecule has 0 aliphatic rings. The number of carbonyl (C=O) groups excluding carboxylic acids is 1. The third-order valence-corrected chi connectivity index (χ3v) is 1.92. The molecule has 5 nitrogen and oxygen atoms in total. The third-order valence-electron chi connectivity index (χ3n) is 1.92. The van der Waals surface area contributed by atoms with E-state index in [1.54, 1.807) is 26.0 Å². The van der Waals surface area contributed by atoms with Crippen LogP contribution in [0.25, 0.3) is 0 Å². The highest BCUT2D eigenvalue weighted by Crippen LogP contribution is 2.06. The molecule has 1 rings (SSSR count). The number of benzene rings is 1. The smallest absolute Gasteiger partial charge is 0.427 e. The Morgan fingerprint density at radius 2 is 2.06 bits per heavy atom. The van der Waals surface area contributed by atoms with Gasteiger partial charge in [-0.05, 0) is 31.5 Å². The van der Waals surface area contributed by atoms with Crippen LogP contribution in [0.2, 0.25) is 0 Å². The fourth-order valence-corrected chi connectivity index (χ4v) is 1.08. The van der Waals surface area contributed by atoms with Crippen molar-refractivity contribution in [3.63, 3.8) is 0 Å². The second-order valence-electron chi connectivity index (χ2n) is 3.15. The van der Waals surface area contributed by atoms with Crippen molar-refractivity contribution in [2.24, 2.45) is 5.10 Å². The normalized spacial score (nSPS) is 11.0. The molecule has 1 aromatic rings. The first-order valence-electron chi connectivity index (χ1n) is 4.96. The summed E-state index contributed by atoms with van der Waals surface area (Å²) in [4.78, 5) is 11.0. The first-order valence-corrected chi connectivity index (χ1v) is 4.96. The molecule has 16 heavy (non-hydrogen) atoms. The predicted octanol–water partition coefficient (Wildman–Crippen LogP) is 1.74. The van der Waals surface area contributed by atoms with E-state index in [-0.39, 0.29) is 0 Å². The standard InChI is InChI=1S/C11H15N3O2/c1-3-16-11(15)14-13-8(2)9-4-6-10(12)7-5-9/h4-7H,3,12H2,1-2H3,(H,14,15)/b13-8+. The van der Waals surface area contributed by atoms with Gasteiger partial charge in [-0.3, -0.25) is 0 Å². The average molecular weight is 221 g/mol. The third kappa shape index (κ3) is 3.61. The summed E-state index contributed by atoms with van der Waals surface area (Å²) in [5.41, 5.74) is 10.1. The minimum atomic E-state index is -0.558. The number of amides is 1. The monoisotopic (exact) mass is 221 g/mol. The SMILES string of the molecule is CCOC(=O)N/N=C(\C)c1ccc(N)cc1. The maximum atomic E-state index is 11.0. The minimum absolute atomic E-state index is 0.322. The molecule has 0 spiro atoms. The molecule has 1 amide bonds. The van der Waals surface area contributed by atoms with E-state index in [0.717, 1.165) is 5.56 Å². The summed E-state index contributed by atoms with van der Waals surface area (Å²) >= 11 is 0. The molecular weight excluding hydrogens is 206 g/mol. The van der Waals surface area contributed by atoms with Gasteiger partial charge >= 0.3 is 6.09 Å². The zero-order valence-electron chi connectivity index (χ0n) is 9.36. The lowest BCUT2D eigenvalue weighted by Gasteiger charge is -2.03. The van der Waals surface area contributed by atoms with Gasteiger partial charge in [-0.25, -0.2) is 10.2 Å². The van der Waals surface area contributed by atoms with E-state index in [9.17, 15) is 4.79 Å². The van der Waals surface area contributed by atoms with Crippen LogP contribution in [0.1, 0.15) is 19.4 Å². The summed E-state index contributed by atoms with van der Waals surface area (Å²) in [6.07, 6.45) is -0.558. The summed E-state index contributed by atoms with van der Waals surface area (Å²) in [6.45, 7) is 3.84. The van der Waals surface area contributed by atoms with Crippen LogP contribution in [-0.4, -0.2) is 18.4 Å². The van der Waals surface area contributed by atoms with E-state index in [1.807, 2.05) is 12.1 Å². The Hall–Kier alpha value is -2.04. The van der Waals surface area contributed by atoms with Gasteiger partial charge < -0.3 is 10.5 Å². The maximum Gasteiger partial charge on any atom is 0.427 e. The number of hydrazone groups is 1. The summed E-state index contributed by atoms with van der Waals surface area (Å²) in [5.74, 6) is 0. The molecule has 0 bridgehead atoms. The van der Waals surface area contributed by atoms with Gasteiger partial charge in [-0.2, -0.15) is 5.10 Å². The van der Waals surface area contributed by atoms with Crippen LogP contribution < -0.4 is 11.2 Å². The van der Waals surface area contributed by atoms with Crippen molar-refractivity contribution in [1.82, 2.24) is 5.43 Å². The van der Waals surface area contributed by atoms with E-state index >= 15 is 0 Å². The fraction of sp³-hybridized carbons (Fsp3) is 0.273. The first kappa shape index (κ1) is 12.0. The second kappa shape index (κ2) is 5.75. The average Bonchev–Trinajstić information content (AvgIpc) is 2.27. The molecule has 86 valence electrons. The van der Waals surface area contributed by atoms with Gasteiger partial charge in [0.25, 0.3) is 0 Å². The molecule has 0 saturated carbocycles. The van der Waals surface area contributed by atoms with Crippen LogP contribution in [-0.2, 0) is 4.74 Å². The Bertz CT molecular complexity index is 385. The van der Waals surface area contributed by atoms with E-state index in [4.69, 9.17) is 5.73 Å². The summed E-state index contributed by atoms with van der Waals surface area (Å²) in [6, 6.07) is 7.22. The van der Waals surface area contributed by atoms with Gasteiger partial charge in [-0.1, -0.05) is 12.1 Å².